The van der Waals surface area contributed by atoms with E-state index in [0.29, 0.717) is 39.3 Å². The van der Waals surface area contributed by atoms with Gasteiger partial charge in [-0.2, -0.15) is 0 Å². The van der Waals surface area contributed by atoms with Crippen LogP contribution in [-0.2, 0) is 9.53 Å². The van der Waals surface area contributed by atoms with Crippen LogP contribution in [0.3, 0.4) is 0 Å². The lowest BCUT2D eigenvalue weighted by molar-refractivity contribution is -0.140. The van der Waals surface area contributed by atoms with Gasteiger partial charge in [-0.1, -0.05) is 0 Å². The minimum atomic E-state index is -0.265. The Kier molecular flexibility index (Phi) is 8.08. The standard InChI is InChI=1S/C15H28N4O3.ClH/c1-4-17(5-2)15(21)19-9-7-18(8-10-19)14(20)13-12(3)22-11-6-16-13;/h12-13,16H,4-11H2,1-3H3;1H/t12-,13+;/m1./s1. The number of carbonyl (C=O) groups excluding carboxylic acids is 2. The third-order valence-corrected chi connectivity index (χ3v) is 4.48. The van der Waals surface area contributed by atoms with Crippen LogP contribution in [0.2, 0.25) is 0 Å². The maximum atomic E-state index is 12.6. The first-order valence-electron chi connectivity index (χ1n) is 8.26. The number of hydrogen-bond donors (Lipinski definition) is 1. The topological polar surface area (TPSA) is 65.1 Å². The average molecular weight is 349 g/mol. The highest BCUT2D eigenvalue weighted by Crippen LogP contribution is 2.11. The van der Waals surface area contributed by atoms with Gasteiger partial charge in [0.1, 0.15) is 6.04 Å². The minimum absolute atomic E-state index is 0. The van der Waals surface area contributed by atoms with E-state index in [0.717, 1.165) is 13.1 Å². The molecule has 0 radical (unpaired) electrons. The Hall–Kier alpha value is -1.05. The van der Waals surface area contributed by atoms with E-state index in [1.807, 2.05) is 35.5 Å². The first-order chi connectivity index (χ1) is 10.6. The van der Waals surface area contributed by atoms with Gasteiger partial charge in [0.2, 0.25) is 5.91 Å². The number of ether oxygens (including phenoxy) is 1. The monoisotopic (exact) mass is 348 g/mol. The predicted octanol–water partition coefficient (Wildman–Crippen LogP) is 0.391. The van der Waals surface area contributed by atoms with E-state index in [2.05, 4.69) is 5.32 Å². The largest absolute Gasteiger partial charge is 0.375 e. The maximum absolute atomic E-state index is 12.6. The lowest BCUT2D eigenvalue weighted by Gasteiger charge is -2.40. The number of nitrogens with one attached hydrogen (secondary N) is 1. The smallest absolute Gasteiger partial charge is 0.320 e. The summed E-state index contributed by atoms with van der Waals surface area (Å²) in [6, 6.07) is -0.191. The van der Waals surface area contributed by atoms with E-state index in [-0.39, 0.29) is 36.5 Å². The van der Waals surface area contributed by atoms with Crippen molar-refractivity contribution in [2.24, 2.45) is 0 Å². The first-order valence-corrected chi connectivity index (χ1v) is 8.26. The zero-order chi connectivity index (χ0) is 16.1. The third kappa shape index (κ3) is 4.71. The molecular weight excluding hydrogens is 320 g/mol. The highest BCUT2D eigenvalue weighted by Gasteiger charge is 2.34. The Labute approximate surface area is 144 Å². The zero-order valence-corrected chi connectivity index (χ0v) is 15.1. The molecule has 3 amide bonds. The van der Waals surface area contributed by atoms with Gasteiger partial charge in [0.05, 0.1) is 12.7 Å². The number of piperazine rings is 1. The first kappa shape index (κ1) is 20.0. The molecule has 2 atom stereocenters. The molecule has 0 aromatic carbocycles. The summed E-state index contributed by atoms with van der Waals surface area (Å²) in [4.78, 5) is 30.4. The van der Waals surface area contributed by atoms with E-state index >= 15 is 0 Å². The van der Waals surface area contributed by atoms with Crippen molar-refractivity contribution in [1.82, 2.24) is 20.0 Å². The molecular formula is C15H29ClN4O3. The molecule has 2 fully saturated rings. The maximum Gasteiger partial charge on any atom is 0.320 e. The zero-order valence-electron chi connectivity index (χ0n) is 14.3. The molecule has 0 unspecified atom stereocenters. The second-order valence-corrected chi connectivity index (χ2v) is 5.77. The van der Waals surface area contributed by atoms with Gasteiger partial charge in [-0.15, -0.1) is 12.4 Å². The molecule has 7 nitrogen and oxygen atoms in total. The van der Waals surface area contributed by atoms with E-state index in [1.165, 1.54) is 0 Å². The number of nitrogens with zero attached hydrogens (tertiary/aromatic N) is 3. The van der Waals surface area contributed by atoms with E-state index < -0.39 is 0 Å². The molecule has 2 saturated heterocycles. The average Bonchev–Trinajstić information content (AvgIpc) is 2.56. The van der Waals surface area contributed by atoms with Crippen LogP contribution in [0.4, 0.5) is 4.79 Å². The Morgan fingerprint density at radius 2 is 1.70 bits per heavy atom. The molecule has 23 heavy (non-hydrogen) atoms. The number of morpholine rings is 1. The lowest BCUT2D eigenvalue weighted by Crippen LogP contribution is -2.60. The molecule has 0 bridgehead atoms. The van der Waals surface area contributed by atoms with Crippen LogP contribution < -0.4 is 5.32 Å². The van der Waals surface area contributed by atoms with Crippen LogP contribution in [0.5, 0.6) is 0 Å². The van der Waals surface area contributed by atoms with Crippen molar-refractivity contribution in [2.75, 3.05) is 52.4 Å². The number of halogens is 1. The second kappa shape index (κ2) is 9.30. The normalized spacial score (nSPS) is 24.8. The third-order valence-electron chi connectivity index (χ3n) is 4.48. The molecule has 2 heterocycles. The SMILES string of the molecule is CCN(CC)C(=O)N1CCN(C(=O)[C@H]2NCCO[C@@H]2C)CC1.Cl. The molecule has 0 aromatic rings. The molecule has 0 aliphatic carbocycles. The van der Waals surface area contributed by atoms with Crippen molar-refractivity contribution in [3.63, 3.8) is 0 Å². The summed E-state index contributed by atoms with van der Waals surface area (Å²) < 4.78 is 5.54. The van der Waals surface area contributed by atoms with Crippen molar-refractivity contribution < 1.29 is 14.3 Å². The summed E-state index contributed by atoms with van der Waals surface area (Å²) in [6.45, 7) is 11.1. The Morgan fingerprint density at radius 3 is 2.22 bits per heavy atom. The Morgan fingerprint density at radius 1 is 1.13 bits per heavy atom. The van der Waals surface area contributed by atoms with Gasteiger partial charge in [-0.3, -0.25) is 4.79 Å². The molecule has 0 aromatic heterocycles. The molecule has 0 spiro atoms. The molecule has 2 aliphatic heterocycles. The van der Waals surface area contributed by atoms with Crippen molar-refractivity contribution in [1.29, 1.82) is 0 Å². The highest BCUT2D eigenvalue weighted by atomic mass is 35.5. The Balaban J connectivity index is 0.00000264. The van der Waals surface area contributed by atoms with E-state index in [1.54, 1.807) is 0 Å². The molecule has 2 rings (SSSR count). The van der Waals surface area contributed by atoms with E-state index in [4.69, 9.17) is 4.74 Å². The number of rotatable bonds is 3. The highest BCUT2D eigenvalue weighted by molar-refractivity contribution is 5.85. The van der Waals surface area contributed by atoms with Crippen molar-refractivity contribution >= 4 is 24.3 Å². The number of hydrogen-bond acceptors (Lipinski definition) is 4. The summed E-state index contributed by atoms with van der Waals surface area (Å²) in [5, 5.41) is 3.23. The van der Waals surface area contributed by atoms with E-state index in [9.17, 15) is 9.59 Å². The fourth-order valence-electron chi connectivity index (χ4n) is 3.02. The van der Waals surface area contributed by atoms with Gasteiger partial charge in [-0.05, 0) is 20.8 Å². The number of urea groups is 1. The van der Waals surface area contributed by atoms with Gasteiger partial charge < -0.3 is 24.8 Å². The van der Waals surface area contributed by atoms with Crippen LogP contribution in [-0.4, -0.2) is 91.2 Å². The molecule has 1 N–H and O–H groups in total. The van der Waals surface area contributed by atoms with Gasteiger partial charge in [0.15, 0.2) is 0 Å². The van der Waals surface area contributed by atoms with Gasteiger partial charge in [-0.25, -0.2) is 4.79 Å². The van der Waals surface area contributed by atoms with Crippen LogP contribution in [0.15, 0.2) is 0 Å². The molecule has 2 aliphatic rings. The van der Waals surface area contributed by atoms with Crippen LogP contribution in [0.25, 0.3) is 0 Å². The Bertz CT molecular complexity index is 398. The summed E-state index contributed by atoms with van der Waals surface area (Å²) in [5.41, 5.74) is 0. The quantitative estimate of drug-likeness (QED) is 0.801. The summed E-state index contributed by atoms with van der Waals surface area (Å²) >= 11 is 0. The second-order valence-electron chi connectivity index (χ2n) is 5.77. The van der Waals surface area contributed by atoms with Crippen LogP contribution >= 0.6 is 12.4 Å². The van der Waals surface area contributed by atoms with Crippen LogP contribution in [0, 0.1) is 0 Å². The molecule has 8 heteroatoms. The van der Waals surface area contributed by atoms with Crippen molar-refractivity contribution in [3.8, 4) is 0 Å². The molecule has 134 valence electrons. The van der Waals surface area contributed by atoms with Gasteiger partial charge in [0.25, 0.3) is 0 Å². The van der Waals surface area contributed by atoms with Crippen molar-refractivity contribution in [2.45, 2.75) is 32.9 Å². The van der Waals surface area contributed by atoms with Crippen LogP contribution in [0.1, 0.15) is 20.8 Å². The number of amides is 3. The lowest BCUT2D eigenvalue weighted by atomic mass is 10.1. The van der Waals surface area contributed by atoms with Gasteiger partial charge >= 0.3 is 6.03 Å². The summed E-state index contributed by atoms with van der Waals surface area (Å²) in [7, 11) is 0. The molecule has 0 saturated carbocycles. The minimum Gasteiger partial charge on any atom is -0.375 e. The van der Waals surface area contributed by atoms with Gasteiger partial charge in [0, 0.05) is 45.8 Å². The predicted molar refractivity (Wildman–Crippen MR) is 90.9 cm³/mol. The number of carbonyl (C=O) groups is 2. The fourth-order valence-corrected chi connectivity index (χ4v) is 3.02. The van der Waals surface area contributed by atoms with Crippen molar-refractivity contribution in [3.05, 3.63) is 0 Å². The summed E-state index contributed by atoms with van der Waals surface area (Å²) in [5.74, 6) is 0.0853. The summed E-state index contributed by atoms with van der Waals surface area (Å²) in [6.07, 6.45) is -0.100. The fraction of sp³-hybridized carbons (Fsp3) is 0.867.